The van der Waals surface area contributed by atoms with Crippen molar-refractivity contribution in [3.8, 4) is 0 Å². The summed E-state index contributed by atoms with van der Waals surface area (Å²) in [5.74, 6) is 5.33. The van der Waals surface area contributed by atoms with Crippen molar-refractivity contribution in [1.29, 1.82) is 0 Å². The highest BCUT2D eigenvalue weighted by Gasteiger charge is 1.91. The third-order valence-corrected chi connectivity index (χ3v) is 1.10. The maximum Gasteiger partial charge on any atom is 0.123 e. The first-order valence-corrected chi connectivity index (χ1v) is 2.85. The second-order valence-corrected chi connectivity index (χ2v) is 1.90. The largest absolute Gasteiger partial charge is 0.384 e. The zero-order chi connectivity index (χ0) is 7.40. The minimum Gasteiger partial charge on any atom is -0.384 e. The Kier molecular flexibility index (Phi) is 2.20. The third-order valence-electron chi connectivity index (χ3n) is 1.10. The van der Waals surface area contributed by atoms with Crippen molar-refractivity contribution in [2.24, 2.45) is 5.90 Å². The van der Waals surface area contributed by atoms with Crippen LogP contribution in [0.25, 0.3) is 0 Å². The molecule has 0 bridgehead atoms. The maximum absolute atomic E-state index is 5.38. The van der Waals surface area contributed by atoms with Crippen LogP contribution in [0.2, 0.25) is 0 Å². The van der Waals surface area contributed by atoms with Crippen molar-refractivity contribution < 1.29 is 4.84 Å². The van der Waals surface area contributed by atoms with E-state index in [-0.39, 0.29) is 0 Å². The molecular formula is C6H9N3O. The number of aromatic nitrogens is 1. The van der Waals surface area contributed by atoms with Crippen LogP contribution < -0.4 is 11.6 Å². The number of hydrogen-bond acceptors (Lipinski definition) is 4. The molecule has 0 saturated carbocycles. The summed E-state index contributed by atoms with van der Waals surface area (Å²) in [6.45, 7) is 0.368. The molecule has 4 nitrogen and oxygen atoms in total. The van der Waals surface area contributed by atoms with Gasteiger partial charge in [0.2, 0.25) is 0 Å². The highest BCUT2D eigenvalue weighted by Crippen LogP contribution is 2.02. The van der Waals surface area contributed by atoms with Gasteiger partial charge in [0, 0.05) is 6.20 Å². The normalized spacial score (nSPS) is 9.70. The van der Waals surface area contributed by atoms with Crippen LogP contribution in [-0.4, -0.2) is 4.98 Å². The molecule has 0 aromatic carbocycles. The van der Waals surface area contributed by atoms with E-state index in [2.05, 4.69) is 9.82 Å². The molecular weight excluding hydrogens is 130 g/mol. The second kappa shape index (κ2) is 3.14. The first-order chi connectivity index (χ1) is 4.83. The van der Waals surface area contributed by atoms with E-state index in [1.807, 2.05) is 0 Å². The Hall–Kier alpha value is -1.13. The first-order valence-electron chi connectivity index (χ1n) is 2.85. The summed E-state index contributed by atoms with van der Waals surface area (Å²) in [5, 5.41) is 0. The van der Waals surface area contributed by atoms with Gasteiger partial charge in [-0.2, -0.15) is 0 Å². The van der Waals surface area contributed by atoms with Gasteiger partial charge >= 0.3 is 0 Å². The van der Waals surface area contributed by atoms with Gasteiger partial charge in [0.25, 0.3) is 0 Å². The van der Waals surface area contributed by atoms with Crippen molar-refractivity contribution in [3.05, 3.63) is 23.9 Å². The Labute approximate surface area is 58.8 Å². The lowest BCUT2D eigenvalue weighted by Crippen LogP contribution is -2.00. The Balaban J connectivity index is 2.75. The monoisotopic (exact) mass is 139 g/mol. The van der Waals surface area contributed by atoms with Crippen molar-refractivity contribution in [2.75, 3.05) is 5.73 Å². The van der Waals surface area contributed by atoms with Gasteiger partial charge in [0.1, 0.15) is 5.82 Å². The zero-order valence-corrected chi connectivity index (χ0v) is 5.45. The topological polar surface area (TPSA) is 74.2 Å². The summed E-state index contributed by atoms with van der Waals surface area (Å²) in [5.41, 5.74) is 6.31. The van der Waals surface area contributed by atoms with Gasteiger partial charge in [-0.3, -0.25) is 4.84 Å². The predicted octanol–water partition coefficient (Wildman–Crippen LogP) is 0.0541. The molecule has 0 spiro atoms. The molecule has 0 fully saturated rings. The summed E-state index contributed by atoms with van der Waals surface area (Å²) in [6.07, 6.45) is 1.61. The summed E-state index contributed by atoms with van der Waals surface area (Å²) in [6, 6.07) is 3.51. The molecule has 0 aliphatic carbocycles. The fourth-order valence-electron chi connectivity index (χ4n) is 0.680. The van der Waals surface area contributed by atoms with Crippen LogP contribution in [-0.2, 0) is 11.4 Å². The van der Waals surface area contributed by atoms with Gasteiger partial charge in [0.15, 0.2) is 0 Å². The number of nitrogen functional groups attached to an aromatic ring is 1. The Morgan fingerprint density at radius 1 is 1.60 bits per heavy atom. The van der Waals surface area contributed by atoms with E-state index in [0.717, 1.165) is 5.56 Å². The Morgan fingerprint density at radius 2 is 2.40 bits per heavy atom. The summed E-state index contributed by atoms with van der Waals surface area (Å²) in [7, 11) is 0. The van der Waals surface area contributed by atoms with Crippen LogP contribution in [0.1, 0.15) is 5.56 Å². The molecule has 54 valence electrons. The van der Waals surface area contributed by atoms with Gasteiger partial charge < -0.3 is 5.73 Å². The number of rotatable bonds is 2. The lowest BCUT2D eigenvalue weighted by Gasteiger charge is -1.97. The van der Waals surface area contributed by atoms with Crippen LogP contribution in [0, 0.1) is 0 Å². The number of hydrogen-bond donors (Lipinski definition) is 2. The molecule has 0 atom stereocenters. The van der Waals surface area contributed by atoms with Gasteiger partial charge in [-0.1, -0.05) is 0 Å². The molecule has 1 rings (SSSR count). The van der Waals surface area contributed by atoms with E-state index in [1.165, 1.54) is 0 Å². The molecule has 4 heteroatoms. The fraction of sp³-hybridized carbons (Fsp3) is 0.167. The number of pyridine rings is 1. The highest BCUT2D eigenvalue weighted by atomic mass is 16.6. The zero-order valence-electron chi connectivity index (χ0n) is 5.45. The highest BCUT2D eigenvalue weighted by molar-refractivity contribution is 5.31. The van der Waals surface area contributed by atoms with Crippen LogP contribution in [0.4, 0.5) is 5.82 Å². The molecule has 1 aromatic heterocycles. The summed E-state index contributed by atoms with van der Waals surface area (Å²) < 4.78 is 0. The molecule has 10 heavy (non-hydrogen) atoms. The van der Waals surface area contributed by atoms with Crippen molar-refractivity contribution >= 4 is 5.82 Å². The summed E-state index contributed by atoms with van der Waals surface area (Å²) in [4.78, 5) is 8.20. The van der Waals surface area contributed by atoms with Crippen LogP contribution in [0.5, 0.6) is 0 Å². The molecule has 0 unspecified atom stereocenters. The van der Waals surface area contributed by atoms with E-state index in [0.29, 0.717) is 12.4 Å². The average Bonchev–Trinajstić information content (AvgIpc) is 1.88. The van der Waals surface area contributed by atoms with Gasteiger partial charge in [-0.25, -0.2) is 10.9 Å². The van der Waals surface area contributed by atoms with Crippen LogP contribution in [0.3, 0.4) is 0 Å². The van der Waals surface area contributed by atoms with Gasteiger partial charge in [0.05, 0.1) is 6.61 Å². The summed E-state index contributed by atoms with van der Waals surface area (Å²) >= 11 is 0. The van der Waals surface area contributed by atoms with Crippen LogP contribution >= 0.6 is 0 Å². The second-order valence-electron chi connectivity index (χ2n) is 1.90. The van der Waals surface area contributed by atoms with Gasteiger partial charge in [-0.15, -0.1) is 0 Å². The Morgan fingerprint density at radius 3 is 3.00 bits per heavy atom. The van der Waals surface area contributed by atoms with E-state index in [4.69, 9.17) is 11.6 Å². The lowest BCUT2D eigenvalue weighted by atomic mass is 10.3. The first kappa shape index (κ1) is 6.98. The molecule has 0 aliphatic rings. The lowest BCUT2D eigenvalue weighted by molar-refractivity contribution is 0.124. The number of nitrogens with two attached hydrogens (primary N) is 2. The van der Waals surface area contributed by atoms with E-state index in [9.17, 15) is 0 Å². The molecule has 0 aliphatic heterocycles. The third kappa shape index (κ3) is 1.68. The number of anilines is 1. The van der Waals surface area contributed by atoms with Crippen molar-refractivity contribution in [2.45, 2.75) is 6.61 Å². The standard InChI is InChI=1S/C6H9N3O/c7-6-3-5(4-10-8)1-2-9-6/h1-3H,4,8H2,(H2,7,9). The maximum atomic E-state index is 5.38. The van der Waals surface area contributed by atoms with E-state index < -0.39 is 0 Å². The minimum absolute atomic E-state index is 0.368. The minimum atomic E-state index is 0.368. The average molecular weight is 139 g/mol. The molecule has 0 saturated heterocycles. The Bertz CT molecular complexity index is 214. The van der Waals surface area contributed by atoms with Crippen molar-refractivity contribution in [3.63, 3.8) is 0 Å². The van der Waals surface area contributed by atoms with E-state index in [1.54, 1.807) is 18.3 Å². The van der Waals surface area contributed by atoms with Crippen LogP contribution in [0.15, 0.2) is 18.3 Å². The quantitative estimate of drug-likeness (QED) is 0.568. The number of nitrogens with zero attached hydrogens (tertiary/aromatic N) is 1. The smallest absolute Gasteiger partial charge is 0.123 e. The SMILES string of the molecule is NOCc1ccnc(N)c1. The molecule has 1 heterocycles. The van der Waals surface area contributed by atoms with E-state index >= 15 is 0 Å². The molecule has 1 aromatic rings. The molecule has 0 radical (unpaired) electrons. The molecule has 4 N–H and O–H groups in total. The predicted molar refractivity (Wildman–Crippen MR) is 37.6 cm³/mol. The van der Waals surface area contributed by atoms with Gasteiger partial charge in [-0.05, 0) is 17.7 Å². The fourth-order valence-corrected chi connectivity index (χ4v) is 0.680. The molecule has 0 amide bonds. The van der Waals surface area contributed by atoms with Crippen molar-refractivity contribution in [1.82, 2.24) is 4.98 Å².